The van der Waals surface area contributed by atoms with E-state index in [2.05, 4.69) is 17.1 Å². The summed E-state index contributed by atoms with van der Waals surface area (Å²) in [5, 5.41) is 12.3. The molecule has 1 aliphatic heterocycles. The van der Waals surface area contributed by atoms with Crippen LogP contribution in [0.3, 0.4) is 0 Å². The van der Waals surface area contributed by atoms with Crippen LogP contribution in [-0.4, -0.2) is 31.1 Å². The molecule has 0 bridgehead atoms. The number of hydrogen-bond acceptors (Lipinski definition) is 3. The molecule has 114 valence electrons. The van der Waals surface area contributed by atoms with Crippen molar-refractivity contribution in [3.8, 4) is 6.07 Å². The van der Waals surface area contributed by atoms with Gasteiger partial charge in [-0.05, 0) is 56.9 Å². The molecule has 1 aliphatic rings. The fourth-order valence-corrected chi connectivity index (χ4v) is 2.93. The van der Waals surface area contributed by atoms with Crippen molar-refractivity contribution in [3.05, 3.63) is 35.1 Å². The molecule has 1 heterocycles. The van der Waals surface area contributed by atoms with Crippen molar-refractivity contribution in [3.63, 3.8) is 0 Å². The zero-order valence-corrected chi connectivity index (χ0v) is 12.7. The summed E-state index contributed by atoms with van der Waals surface area (Å²) in [5.74, 6) is 0.395. The second kappa shape index (κ2) is 8.11. The predicted octanol–water partition coefficient (Wildman–Crippen LogP) is 2.91. The van der Waals surface area contributed by atoms with E-state index in [4.69, 9.17) is 5.26 Å². The van der Waals surface area contributed by atoms with Crippen LogP contribution >= 0.6 is 0 Å². The van der Waals surface area contributed by atoms with Gasteiger partial charge < -0.3 is 5.32 Å². The second-order valence-electron chi connectivity index (χ2n) is 5.87. The van der Waals surface area contributed by atoms with Crippen LogP contribution in [0.4, 0.5) is 4.39 Å². The molecule has 4 heteroatoms. The van der Waals surface area contributed by atoms with Crippen LogP contribution in [0.2, 0.25) is 0 Å². The van der Waals surface area contributed by atoms with Gasteiger partial charge in [0, 0.05) is 18.7 Å². The number of benzene rings is 1. The highest BCUT2D eigenvalue weighted by molar-refractivity contribution is 5.32. The lowest BCUT2D eigenvalue weighted by atomic mass is 9.97. The third kappa shape index (κ3) is 4.80. The van der Waals surface area contributed by atoms with Gasteiger partial charge in [-0.3, -0.25) is 4.90 Å². The Labute approximate surface area is 126 Å². The van der Waals surface area contributed by atoms with Gasteiger partial charge in [-0.2, -0.15) is 5.26 Å². The summed E-state index contributed by atoms with van der Waals surface area (Å²) in [4.78, 5) is 2.33. The molecule has 0 saturated carbocycles. The molecule has 0 aliphatic carbocycles. The van der Waals surface area contributed by atoms with Crippen molar-refractivity contribution in [1.82, 2.24) is 10.2 Å². The first-order valence-electron chi connectivity index (χ1n) is 7.84. The predicted molar refractivity (Wildman–Crippen MR) is 82.3 cm³/mol. The normalized spacial score (nSPS) is 19.4. The smallest absolute Gasteiger partial charge is 0.129 e. The molecule has 1 atom stereocenters. The van der Waals surface area contributed by atoms with Crippen molar-refractivity contribution >= 4 is 0 Å². The van der Waals surface area contributed by atoms with Gasteiger partial charge in [-0.25, -0.2) is 4.39 Å². The Balaban J connectivity index is 1.89. The lowest BCUT2D eigenvalue weighted by Gasteiger charge is -2.33. The van der Waals surface area contributed by atoms with Gasteiger partial charge >= 0.3 is 0 Å². The molecule has 1 fully saturated rings. The van der Waals surface area contributed by atoms with Crippen LogP contribution < -0.4 is 5.32 Å². The Morgan fingerprint density at radius 3 is 3.05 bits per heavy atom. The highest BCUT2D eigenvalue weighted by Gasteiger charge is 2.20. The number of rotatable bonds is 6. The molecule has 1 aromatic carbocycles. The van der Waals surface area contributed by atoms with Gasteiger partial charge in [0.1, 0.15) is 5.82 Å². The van der Waals surface area contributed by atoms with Crippen LogP contribution in [0, 0.1) is 23.1 Å². The summed E-state index contributed by atoms with van der Waals surface area (Å²) in [6, 6.07) is 6.75. The van der Waals surface area contributed by atoms with Gasteiger partial charge in [0.2, 0.25) is 0 Å². The molecular weight excluding hydrogens is 265 g/mol. The topological polar surface area (TPSA) is 39.1 Å². The van der Waals surface area contributed by atoms with E-state index in [0.717, 1.165) is 32.6 Å². The van der Waals surface area contributed by atoms with Crippen molar-refractivity contribution < 1.29 is 4.39 Å². The molecule has 3 nitrogen and oxygen atoms in total. The number of nitriles is 1. The third-order valence-corrected chi connectivity index (χ3v) is 4.04. The number of piperidine rings is 1. The lowest BCUT2D eigenvalue weighted by molar-refractivity contribution is 0.164. The van der Waals surface area contributed by atoms with E-state index < -0.39 is 0 Å². The Morgan fingerprint density at radius 1 is 1.48 bits per heavy atom. The van der Waals surface area contributed by atoms with Crippen LogP contribution in [0.1, 0.15) is 37.3 Å². The molecule has 0 radical (unpaired) electrons. The molecule has 2 rings (SSSR count). The first-order valence-corrected chi connectivity index (χ1v) is 7.84. The summed E-state index contributed by atoms with van der Waals surface area (Å²) >= 11 is 0. The minimum Gasteiger partial charge on any atom is -0.316 e. The van der Waals surface area contributed by atoms with Crippen LogP contribution in [0.25, 0.3) is 0 Å². The SMILES string of the molecule is CCCNCC1CCCN(Cc2ccc(C#N)cc2F)C1. The maximum absolute atomic E-state index is 13.9. The zero-order chi connectivity index (χ0) is 15.1. The van der Waals surface area contributed by atoms with E-state index in [1.165, 1.54) is 18.9 Å². The van der Waals surface area contributed by atoms with E-state index in [1.54, 1.807) is 12.1 Å². The highest BCUT2D eigenvalue weighted by Crippen LogP contribution is 2.19. The van der Waals surface area contributed by atoms with Crippen LogP contribution in [0.5, 0.6) is 0 Å². The van der Waals surface area contributed by atoms with E-state index in [0.29, 0.717) is 23.6 Å². The van der Waals surface area contributed by atoms with Crippen molar-refractivity contribution in [2.45, 2.75) is 32.7 Å². The molecule has 0 spiro atoms. The fourth-order valence-electron chi connectivity index (χ4n) is 2.93. The summed E-state index contributed by atoms with van der Waals surface area (Å²) in [6.07, 6.45) is 3.59. The van der Waals surface area contributed by atoms with Crippen LogP contribution in [-0.2, 0) is 6.54 Å². The number of halogens is 1. The fraction of sp³-hybridized carbons (Fsp3) is 0.588. The summed E-state index contributed by atoms with van der Waals surface area (Å²) in [6.45, 7) is 7.00. The van der Waals surface area contributed by atoms with Crippen LogP contribution in [0.15, 0.2) is 18.2 Å². The monoisotopic (exact) mass is 289 g/mol. The molecule has 1 unspecified atom stereocenters. The first kappa shape index (κ1) is 15.9. The Bertz CT molecular complexity index is 495. The van der Waals surface area contributed by atoms with E-state index >= 15 is 0 Å². The molecular formula is C17H24FN3. The maximum Gasteiger partial charge on any atom is 0.129 e. The second-order valence-corrected chi connectivity index (χ2v) is 5.87. The third-order valence-electron chi connectivity index (χ3n) is 4.04. The molecule has 0 aromatic heterocycles. The minimum absolute atomic E-state index is 0.264. The maximum atomic E-state index is 13.9. The summed E-state index contributed by atoms with van der Waals surface area (Å²) in [5.41, 5.74) is 1.08. The van der Waals surface area contributed by atoms with Gasteiger partial charge in [0.05, 0.1) is 11.6 Å². The summed E-state index contributed by atoms with van der Waals surface area (Å²) < 4.78 is 13.9. The quantitative estimate of drug-likeness (QED) is 0.818. The largest absolute Gasteiger partial charge is 0.316 e. The van der Waals surface area contributed by atoms with Gasteiger partial charge in [-0.15, -0.1) is 0 Å². The average Bonchev–Trinajstić information content (AvgIpc) is 2.50. The molecule has 0 amide bonds. The zero-order valence-electron chi connectivity index (χ0n) is 12.7. The lowest BCUT2D eigenvalue weighted by Crippen LogP contribution is -2.39. The number of nitrogens with one attached hydrogen (secondary N) is 1. The number of hydrogen-bond donors (Lipinski definition) is 1. The highest BCUT2D eigenvalue weighted by atomic mass is 19.1. The standard InChI is InChI=1S/C17H24FN3/c1-2-7-20-11-15-4-3-8-21(12-15)13-16-6-5-14(10-19)9-17(16)18/h5-6,9,15,20H,2-4,7-8,11-13H2,1H3. The van der Waals surface area contributed by atoms with E-state index in [9.17, 15) is 4.39 Å². The van der Waals surface area contributed by atoms with E-state index in [-0.39, 0.29) is 5.82 Å². The molecule has 21 heavy (non-hydrogen) atoms. The van der Waals surface area contributed by atoms with Gasteiger partial charge in [0.25, 0.3) is 0 Å². The van der Waals surface area contributed by atoms with E-state index in [1.807, 2.05) is 6.07 Å². The Kier molecular flexibility index (Phi) is 6.16. The molecule has 1 N–H and O–H groups in total. The van der Waals surface area contributed by atoms with Gasteiger partial charge in [-0.1, -0.05) is 13.0 Å². The summed E-state index contributed by atoms with van der Waals surface area (Å²) in [7, 11) is 0. The molecule has 1 saturated heterocycles. The first-order chi connectivity index (χ1) is 10.2. The number of likely N-dealkylation sites (tertiary alicyclic amines) is 1. The van der Waals surface area contributed by atoms with Gasteiger partial charge in [0.15, 0.2) is 0 Å². The Hall–Kier alpha value is -1.44. The molecule has 1 aromatic rings. The van der Waals surface area contributed by atoms with Crippen molar-refractivity contribution in [1.29, 1.82) is 5.26 Å². The van der Waals surface area contributed by atoms with Crippen molar-refractivity contribution in [2.75, 3.05) is 26.2 Å². The average molecular weight is 289 g/mol. The minimum atomic E-state index is -0.264. The van der Waals surface area contributed by atoms with Crippen molar-refractivity contribution in [2.24, 2.45) is 5.92 Å². The number of nitrogens with zero attached hydrogens (tertiary/aromatic N) is 2. The Morgan fingerprint density at radius 2 is 2.33 bits per heavy atom.